The van der Waals surface area contributed by atoms with Gasteiger partial charge in [0.05, 0.1) is 6.61 Å². The molecule has 0 bridgehead atoms. The van der Waals surface area contributed by atoms with Crippen LogP contribution in [-0.2, 0) is 20.1 Å². The third-order valence-electron chi connectivity index (χ3n) is 4.23. The van der Waals surface area contributed by atoms with Gasteiger partial charge in [-0.15, -0.1) is 0 Å². The molecule has 0 aliphatic carbocycles. The zero-order valence-corrected chi connectivity index (χ0v) is 17.2. The van der Waals surface area contributed by atoms with Gasteiger partial charge in [-0.25, -0.2) is 0 Å². The topological polar surface area (TPSA) is 94.1 Å². The molecule has 0 fully saturated rings. The minimum atomic E-state index is -0.193. The average Bonchev–Trinajstić information content (AvgIpc) is 3.06. The molecule has 152 valence electrons. The molecule has 0 atom stereocenters. The summed E-state index contributed by atoms with van der Waals surface area (Å²) in [4.78, 5) is 16.6. The van der Waals surface area contributed by atoms with E-state index >= 15 is 0 Å². The highest BCUT2D eigenvalue weighted by Crippen LogP contribution is 2.29. The molecule has 1 aromatic carbocycles. The second kappa shape index (κ2) is 9.83. The zero-order valence-electron chi connectivity index (χ0n) is 16.3. The first-order chi connectivity index (χ1) is 14.1. The van der Waals surface area contributed by atoms with E-state index in [-0.39, 0.29) is 5.91 Å². The van der Waals surface area contributed by atoms with E-state index < -0.39 is 0 Å². The van der Waals surface area contributed by atoms with Crippen LogP contribution in [0.1, 0.15) is 28.7 Å². The fourth-order valence-corrected chi connectivity index (χ4v) is 2.83. The average molecular weight is 414 g/mol. The Morgan fingerprint density at radius 1 is 1.28 bits per heavy atom. The number of benzene rings is 1. The molecular formula is C20H23N5O3S. The lowest BCUT2D eigenvalue weighted by molar-refractivity contribution is 0.0953. The number of pyridine rings is 1. The van der Waals surface area contributed by atoms with E-state index in [1.54, 1.807) is 35.2 Å². The van der Waals surface area contributed by atoms with E-state index in [2.05, 4.69) is 20.5 Å². The summed E-state index contributed by atoms with van der Waals surface area (Å²) in [5.74, 6) is 1.69. The molecule has 3 rings (SSSR count). The first-order valence-corrected chi connectivity index (χ1v) is 9.66. The van der Waals surface area contributed by atoms with Gasteiger partial charge in [0.15, 0.2) is 16.3 Å². The van der Waals surface area contributed by atoms with Gasteiger partial charge in [0.2, 0.25) is 0 Å². The Hall–Kier alpha value is -3.20. The number of carbonyl (C=O) groups is 1. The number of amides is 1. The molecule has 0 spiro atoms. The monoisotopic (exact) mass is 413 g/mol. The fourth-order valence-electron chi connectivity index (χ4n) is 2.67. The highest BCUT2D eigenvalue weighted by molar-refractivity contribution is 7.71. The van der Waals surface area contributed by atoms with Crippen LogP contribution in [0.2, 0.25) is 0 Å². The van der Waals surface area contributed by atoms with E-state index in [0.29, 0.717) is 48.0 Å². The molecular weight excluding hydrogens is 390 g/mol. The predicted octanol–water partition coefficient (Wildman–Crippen LogP) is 2.82. The van der Waals surface area contributed by atoms with Gasteiger partial charge in [-0.05, 0) is 43.4 Å². The quantitative estimate of drug-likeness (QED) is 0.524. The molecule has 0 aliphatic rings. The van der Waals surface area contributed by atoms with Crippen molar-refractivity contribution in [2.75, 3.05) is 13.2 Å². The Bertz CT molecular complexity index is 1020. The molecule has 3 aromatic rings. The molecule has 0 saturated heterocycles. The number of nitrogens with one attached hydrogen (secondary N) is 2. The van der Waals surface area contributed by atoms with Gasteiger partial charge in [-0.3, -0.25) is 14.9 Å². The van der Waals surface area contributed by atoms with Crippen LogP contribution in [0.15, 0.2) is 42.7 Å². The summed E-state index contributed by atoms with van der Waals surface area (Å²) in [6, 6.07) is 8.94. The minimum Gasteiger partial charge on any atom is -0.490 e. The van der Waals surface area contributed by atoms with Crippen molar-refractivity contribution in [2.45, 2.75) is 20.0 Å². The number of nitrogens with zero attached hydrogens (tertiary/aromatic N) is 3. The van der Waals surface area contributed by atoms with Gasteiger partial charge in [-0.2, -0.15) is 5.10 Å². The number of hydrogen-bond acceptors (Lipinski definition) is 6. The van der Waals surface area contributed by atoms with Crippen LogP contribution < -0.4 is 14.8 Å². The minimum absolute atomic E-state index is 0.193. The van der Waals surface area contributed by atoms with E-state index in [1.807, 2.05) is 26.1 Å². The molecule has 0 radical (unpaired) electrons. The lowest BCUT2D eigenvalue weighted by Gasteiger charge is -2.13. The van der Waals surface area contributed by atoms with Crippen LogP contribution in [-0.4, -0.2) is 38.8 Å². The molecule has 0 unspecified atom stereocenters. The SMILES string of the molecule is CCOc1cc(C(=O)NCCc2n[nH]c(=S)n2C)ccc1OCc1cccnc1. The number of ether oxygens (including phenoxy) is 2. The summed E-state index contributed by atoms with van der Waals surface area (Å²) in [5.41, 5.74) is 1.45. The standard InChI is InChI=1S/C20H23N5O3S/c1-3-27-17-11-15(6-7-16(17)28-13-14-5-4-9-21-12-14)19(26)22-10-8-18-23-24-20(29)25(18)2/h4-7,9,11-12H,3,8,10,13H2,1-2H3,(H,22,26)(H,24,29). The van der Waals surface area contributed by atoms with Gasteiger partial charge in [0.1, 0.15) is 12.4 Å². The van der Waals surface area contributed by atoms with Gasteiger partial charge in [0, 0.05) is 43.5 Å². The second-order valence-corrected chi connectivity index (χ2v) is 6.64. The van der Waals surface area contributed by atoms with Gasteiger partial charge in [-0.1, -0.05) is 6.07 Å². The van der Waals surface area contributed by atoms with Crippen molar-refractivity contribution in [3.63, 3.8) is 0 Å². The van der Waals surface area contributed by atoms with Crippen LogP contribution in [0.4, 0.5) is 0 Å². The lowest BCUT2D eigenvalue weighted by Crippen LogP contribution is -2.26. The van der Waals surface area contributed by atoms with Crippen LogP contribution in [0.25, 0.3) is 0 Å². The molecule has 2 N–H and O–H groups in total. The van der Waals surface area contributed by atoms with Crippen LogP contribution in [0.5, 0.6) is 11.5 Å². The summed E-state index contributed by atoms with van der Waals surface area (Å²) in [5, 5.41) is 9.75. The summed E-state index contributed by atoms with van der Waals surface area (Å²) in [6.07, 6.45) is 4.03. The number of H-pyrrole nitrogens is 1. The third kappa shape index (κ3) is 5.41. The third-order valence-corrected chi connectivity index (χ3v) is 4.59. The van der Waals surface area contributed by atoms with Crippen molar-refractivity contribution in [2.24, 2.45) is 7.05 Å². The Morgan fingerprint density at radius 3 is 2.83 bits per heavy atom. The van der Waals surface area contributed by atoms with Crippen molar-refractivity contribution in [3.05, 3.63) is 64.4 Å². The summed E-state index contributed by atoms with van der Waals surface area (Å²) in [7, 11) is 1.83. The van der Waals surface area contributed by atoms with Crippen molar-refractivity contribution < 1.29 is 14.3 Å². The number of hydrogen-bond donors (Lipinski definition) is 2. The van der Waals surface area contributed by atoms with Gasteiger partial charge < -0.3 is 19.4 Å². The van der Waals surface area contributed by atoms with Crippen molar-refractivity contribution in [3.8, 4) is 11.5 Å². The van der Waals surface area contributed by atoms with Crippen molar-refractivity contribution in [1.82, 2.24) is 25.1 Å². The second-order valence-electron chi connectivity index (χ2n) is 6.25. The lowest BCUT2D eigenvalue weighted by atomic mass is 10.2. The number of aromatic amines is 1. The van der Waals surface area contributed by atoms with Gasteiger partial charge >= 0.3 is 0 Å². The highest BCUT2D eigenvalue weighted by Gasteiger charge is 2.12. The van der Waals surface area contributed by atoms with Crippen molar-refractivity contribution >= 4 is 18.1 Å². The maximum absolute atomic E-state index is 12.5. The largest absolute Gasteiger partial charge is 0.490 e. The van der Waals surface area contributed by atoms with E-state index in [9.17, 15) is 4.79 Å². The molecule has 0 aliphatic heterocycles. The van der Waals surface area contributed by atoms with Crippen LogP contribution in [0, 0.1) is 4.77 Å². The Morgan fingerprint density at radius 2 is 2.14 bits per heavy atom. The van der Waals surface area contributed by atoms with E-state index in [1.165, 1.54) is 0 Å². The number of rotatable bonds is 9. The summed E-state index contributed by atoms with van der Waals surface area (Å²) >= 11 is 5.08. The maximum Gasteiger partial charge on any atom is 0.251 e. The molecule has 8 nitrogen and oxygen atoms in total. The normalized spacial score (nSPS) is 10.6. The highest BCUT2D eigenvalue weighted by atomic mass is 32.1. The Labute approximate surface area is 173 Å². The number of aromatic nitrogens is 4. The predicted molar refractivity (Wildman–Crippen MR) is 111 cm³/mol. The summed E-state index contributed by atoms with van der Waals surface area (Å²) < 4.78 is 13.8. The molecule has 29 heavy (non-hydrogen) atoms. The van der Waals surface area contributed by atoms with E-state index in [4.69, 9.17) is 21.7 Å². The maximum atomic E-state index is 12.5. The Kier molecular flexibility index (Phi) is 6.96. The Balaban J connectivity index is 1.62. The summed E-state index contributed by atoms with van der Waals surface area (Å²) in [6.45, 7) is 3.16. The molecule has 9 heteroatoms. The smallest absolute Gasteiger partial charge is 0.251 e. The van der Waals surface area contributed by atoms with E-state index in [0.717, 1.165) is 11.4 Å². The first kappa shape index (κ1) is 20.5. The van der Waals surface area contributed by atoms with Gasteiger partial charge in [0.25, 0.3) is 5.91 Å². The van der Waals surface area contributed by atoms with Crippen LogP contribution >= 0.6 is 12.2 Å². The van der Waals surface area contributed by atoms with Crippen molar-refractivity contribution in [1.29, 1.82) is 0 Å². The fraction of sp³-hybridized carbons (Fsp3) is 0.300. The molecule has 1 amide bonds. The molecule has 0 saturated carbocycles. The zero-order chi connectivity index (χ0) is 20.6. The molecule has 2 heterocycles. The van der Waals surface area contributed by atoms with Crippen LogP contribution in [0.3, 0.4) is 0 Å². The first-order valence-electron chi connectivity index (χ1n) is 9.25. The molecule has 2 aromatic heterocycles. The number of carbonyl (C=O) groups excluding carboxylic acids is 1.